The lowest BCUT2D eigenvalue weighted by molar-refractivity contribution is 1.38. The summed E-state index contributed by atoms with van der Waals surface area (Å²) >= 11 is 1.85. The highest BCUT2D eigenvalue weighted by molar-refractivity contribution is 7.98. The molecule has 2 aromatic rings. The second-order valence-electron chi connectivity index (χ2n) is 3.01. The molecule has 0 amide bonds. The molecular weight excluding hydrogens is 188 g/mol. The Morgan fingerprint density at radius 3 is 2.36 bits per heavy atom. The Morgan fingerprint density at radius 1 is 0.929 bits per heavy atom. The van der Waals surface area contributed by atoms with Crippen molar-refractivity contribution in [1.29, 1.82) is 0 Å². The van der Waals surface area contributed by atoms with Gasteiger partial charge in [0.05, 0.1) is 0 Å². The SMILES string of the molecule is [c]1ccc(SCc2ccccc2)cc1. The zero-order valence-electron chi connectivity index (χ0n) is 7.81. The van der Waals surface area contributed by atoms with Gasteiger partial charge >= 0.3 is 0 Å². The predicted octanol–water partition coefficient (Wildman–Crippen LogP) is 3.78. The molecule has 0 aromatic heterocycles. The monoisotopic (exact) mass is 199 g/mol. The van der Waals surface area contributed by atoms with Gasteiger partial charge < -0.3 is 0 Å². The van der Waals surface area contributed by atoms with Gasteiger partial charge in [0.15, 0.2) is 0 Å². The van der Waals surface area contributed by atoms with E-state index in [2.05, 4.69) is 42.5 Å². The van der Waals surface area contributed by atoms with Gasteiger partial charge in [-0.05, 0) is 23.8 Å². The summed E-state index contributed by atoms with van der Waals surface area (Å²) in [5, 5.41) is 0. The first-order valence-electron chi connectivity index (χ1n) is 4.58. The van der Waals surface area contributed by atoms with E-state index in [1.54, 1.807) is 0 Å². The van der Waals surface area contributed by atoms with Crippen LogP contribution in [0.2, 0.25) is 0 Å². The van der Waals surface area contributed by atoms with Gasteiger partial charge in [0, 0.05) is 10.6 Å². The third kappa shape index (κ3) is 2.64. The Morgan fingerprint density at radius 2 is 1.64 bits per heavy atom. The molecule has 0 atom stereocenters. The van der Waals surface area contributed by atoms with Crippen LogP contribution in [0.5, 0.6) is 0 Å². The van der Waals surface area contributed by atoms with Crippen LogP contribution >= 0.6 is 11.8 Å². The number of hydrogen-bond acceptors (Lipinski definition) is 1. The van der Waals surface area contributed by atoms with E-state index >= 15 is 0 Å². The van der Waals surface area contributed by atoms with Crippen molar-refractivity contribution in [2.45, 2.75) is 10.6 Å². The summed E-state index contributed by atoms with van der Waals surface area (Å²) in [5.41, 5.74) is 1.37. The number of thioether (sulfide) groups is 1. The molecule has 1 heteroatoms. The highest BCUT2D eigenvalue weighted by atomic mass is 32.2. The van der Waals surface area contributed by atoms with Gasteiger partial charge in [0.2, 0.25) is 0 Å². The second-order valence-corrected chi connectivity index (χ2v) is 4.06. The van der Waals surface area contributed by atoms with E-state index in [-0.39, 0.29) is 0 Å². The molecule has 0 saturated heterocycles. The molecule has 0 heterocycles. The maximum Gasteiger partial charge on any atom is 0.0231 e. The highest BCUT2D eigenvalue weighted by Gasteiger charge is 1.93. The van der Waals surface area contributed by atoms with Gasteiger partial charge in [-0.3, -0.25) is 0 Å². The lowest BCUT2D eigenvalue weighted by Gasteiger charge is -2.00. The topological polar surface area (TPSA) is 0 Å². The molecule has 0 unspecified atom stereocenters. The maximum atomic E-state index is 3.02. The fourth-order valence-corrected chi connectivity index (χ4v) is 2.06. The predicted molar refractivity (Wildman–Crippen MR) is 61.3 cm³/mol. The van der Waals surface area contributed by atoms with Crippen LogP contribution in [-0.2, 0) is 5.75 Å². The molecule has 0 nitrogen and oxygen atoms in total. The van der Waals surface area contributed by atoms with Crippen molar-refractivity contribution in [3.63, 3.8) is 0 Å². The molecule has 1 radical (unpaired) electrons. The van der Waals surface area contributed by atoms with Gasteiger partial charge in [0.1, 0.15) is 0 Å². The Labute approximate surface area is 89.0 Å². The summed E-state index contributed by atoms with van der Waals surface area (Å²) < 4.78 is 0. The quantitative estimate of drug-likeness (QED) is 0.678. The average Bonchev–Trinajstić information content (AvgIpc) is 2.29. The van der Waals surface area contributed by atoms with Gasteiger partial charge in [-0.15, -0.1) is 11.8 Å². The Hall–Kier alpha value is -1.21. The molecule has 0 fully saturated rings. The van der Waals surface area contributed by atoms with Crippen molar-refractivity contribution in [3.05, 3.63) is 66.2 Å². The van der Waals surface area contributed by atoms with Crippen molar-refractivity contribution in [3.8, 4) is 0 Å². The second kappa shape index (κ2) is 4.87. The number of hydrogen-bond donors (Lipinski definition) is 0. The van der Waals surface area contributed by atoms with E-state index in [0.29, 0.717) is 0 Å². The van der Waals surface area contributed by atoms with Crippen LogP contribution in [0.1, 0.15) is 5.56 Å². The normalized spacial score (nSPS) is 10.0. The lowest BCUT2D eigenvalue weighted by atomic mass is 10.2. The minimum Gasteiger partial charge on any atom is -0.121 e. The Kier molecular flexibility index (Phi) is 3.25. The van der Waals surface area contributed by atoms with Gasteiger partial charge in [0.25, 0.3) is 0 Å². The van der Waals surface area contributed by atoms with Crippen LogP contribution in [0.3, 0.4) is 0 Å². The zero-order chi connectivity index (χ0) is 9.64. The smallest absolute Gasteiger partial charge is 0.0231 e. The van der Waals surface area contributed by atoms with Gasteiger partial charge in [-0.25, -0.2) is 0 Å². The Bertz CT molecular complexity index is 327. The van der Waals surface area contributed by atoms with Crippen LogP contribution in [0, 0.1) is 6.07 Å². The molecule has 0 bridgehead atoms. The molecule has 2 rings (SSSR count). The summed E-state index contributed by atoms with van der Waals surface area (Å²) in [5.74, 6) is 1.03. The summed E-state index contributed by atoms with van der Waals surface area (Å²) in [4.78, 5) is 1.30. The molecule has 0 saturated carbocycles. The highest BCUT2D eigenvalue weighted by Crippen LogP contribution is 2.21. The van der Waals surface area contributed by atoms with Crippen LogP contribution in [0.4, 0.5) is 0 Å². The standard InChI is InChI=1S/C13H11S/c1-3-7-12(8-4-1)11-14-13-9-5-2-6-10-13/h1,3-10H,11H2. The van der Waals surface area contributed by atoms with Crippen LogP contribution < -0.4 is 0 Å². The summed E-state index contributed by atoms with van der Waals surface area (Å²) in [6.07, 6.45) is 0. The van der Waals surface area contributed by atoms with E-state index < -0.39 is 0 Å². The molecule has 0 spiro atoms. The van der Waals surface area contributed by atoms with E-state index in [4.69, 9.17) is 0 Å². The molecule has 0 aliphatic rings. The van der Waals surface area contributed by atoms with Crippen molar-refractivity contribution in [2.24, 2.45) is 0 Å². The first kappa shape index (κ1) is 9.35. The van der Waals surface area contributed by atoms with E-state index in [9.17, 15) is 0 Å². The van der Waals surface area contributed by atoms with Crippen molar-refractivity contribution >= 4 is 11.8 Å². The zero-order valence-corrected chi connectivity index (χ0v) is 8.63. The lowest BCUT2D eigenvalue weighted by Crippen LogP contribution is -1.78. The maximum absolute atomic E-state index is 3.02. The molecular formula is C13H11S. The molecule has 0 aliphatic carbocycles. The van der Waals surface area contributed by atoms with E-state index in [1.165, 1.54) is 10.5 Å². The minimum absolute atomic E-state index is 1.03. The molecule has 0 N–H and O–H groups in total. The Balaban J connectivity index is 1.96. The molecule has 69 valence electrons. The third-order valence-corrected chi connectivity index (χ3v) is 3.02. The van der Waals surface area contributed by atoms with E-state index in [0.717, 1.165) is 5.75 Å². The van der Waals surface area contributed by atoms with Crippen LogP contribution in [-0.4, -0.2) is 0 Å². The van der Waals surface area contributed by atoms with Crippen molar-refractivity contribution in [2.75, 3.05) is 0 Å². The fourth-order valence-electron chi connectivity index (χ4n) is 1.21. The fraction of sp³-hybridized carbons (Fsp3) is 0.0769. The largest absolute Gasteiger partial charge is 0.121 e. The summed E-state index contributed by atoms with van der Waals surface area (Å²) in [6, 6.07) is 21.6. The minimum atomic E-state index is 1.03. The third-order valence-electron chi connectivity index (χ3n) is 1.94. The van der Waals surface area contributed by atoms with Crippen LogP contribution in [0.25, 0.3) is 0 Å². The molecule has 14 heavy (non-hydrogen) atoms. The average molecular weight is 199 g/mol. The van der Waals surface area contributed by atoms with Crippen molar-refractivity contribution in [1.82, 2.24) is 0 Å². The molecule has 2 aromatic carbocycles. The number of rotatable bonds is 3. The summed E-state index contributed by atoms with van der Waals surface area (Å²) in [6.45, 7) is 0. The molecule has 0 aliphatic heterocycles. The van der Waals surface area contributed by atoms with Gasteiger partial charge in [-0.2, -0.15) is 0 Å². The van der Waals surface area contributed by atoms with Crippen molar-refractivity contribution < 1.29 is 0 Å². The summed E-state index contributed by atoms with van der Waals surface area (Å²) in [7, 11) is 0. The first-order chi connectivity index (χ1) is 6.95. The van der Waals surface area contributed by atoms with E-state index in [1.807, 2.05) is 30.0 Å². The van der Waals surface area contributed by atoms with Crippen LogP contribution in [0.15, 0.2) is 59.5 Å². The number of benzene rings is 2. The first-order valence-corrected chi connectivity index (χ1v) is 5.56. The van der Waals surface area contributed by atoms with Gasteiger partial charge in [-0.1, -0.05) is 42.5 Å².